The molecule has 1 unspecified atom stereocenters. The molecule has 1 fully saturated rings. The molecule has 1 spiro atoms. The molecule has 2 aliphatic rings. The molecule has 0 aromatic heterocycles. The quantitative estimate of drug-likeness (QED) is 0.531. The molecule has 2 aliphatic heterocycles. The number of oxime groups is 1. The summed E-state index contributed by atoms with van der Waals surface area (Å²) in [7, 11) is 0. The lowest BCUT2D eigenvalue weighted by Gasteiger charge is -2.22. The van der Waals surface area contributed by atoms with Gasteiger partial charge < -0.3 is 20.8 Å². The van der Waals surface area contributed by atoms with E-state index >= 15 is 0 Å². The van der Waals surface area contributed by atoms with Crippen molar-refractivity contribution in [3.8, 4) is 6.07 Å². The molecule has 3 rings (SSSR count). The van der Waals surface area contributed by atoms with E-state index in [1.54, 1.807) is 36.4 Å². The van der Waals surface area contributed by atoms with E-state index in [2.05, 4.69) is 10.5 Å². The predicted octanol–water partition coefficient (Wildman–Crippen LogP) is 1.62. The molecular weight excluding hydrogens is 398 g/mol. The summed E-state index contributed by atoms with van der Waals surface area (Å²) in [6, 6.07) is 8.13. The van der Waals surface area contributed by atoms with E-state index in [4.69, 9.17) is 15.8 Å². The van der Waals surface area contributed by atoms with Crippen molar-refractivity contribution in [1.29, 1.82) is 5.26 Å². The zero-order chi connectivity index (χ0) is 22.4. The van der Waals surface area contributed by atoms with Crippen molar-refractivity contribution in [2.24, 2.45) is 10.9 Å². The van der Waals surface area contributed by atoms with Gasteiger partial charge >= 0.3 is 0 Å². The molecule has 9 heteroatoms. The summed E-state index contributed by atoms with van der Waals surface area (Å²) in [5.74, 6) is -1.37. The minimum Gasteiger partial charge on any atom is -0.387 e. The molecule has 160 valence electrons. The number of allylic oxidation sites excluding steroid dienone is 3. The Morgan fingerprint density at radius 2 is 2.23 bits per heavy atom. The van der Waals surface area contributed by atoms with Gasteiger partial charge in [0, 0.05) is 30.2 Å². The maximum Gasteiger partial charge on any atom is 0.248 e. The Labute approximate surface area is 179 Å². The number of anilines is 1. The third kappa shape index (κ3) is 4.98. The number of likely N-dealkylation sites (tertiary alicyclic amines) is 1. The lowest BCUT2D eigenvalue weighted by Crippen LogP contribution is -2.43. The Kier molecular flexibility index (Phi) is 6.50. The van der Waals surface area contributed by atoms with Crippen LogP contribution in [0, 0.1) is 11.3 Å². The van der Waals surface area contributed by atoms with E-state index < -0.39 is 23.5 Å². The fourth-order valence-electron chi connectivity index (χ4n) is 3.72. The van der Waals surface area contributed by atoms with E-state index in [0.717, 1.165) is 5.56 Å². The van der Waals surface area contributed by atoms with Gasteiger partial charge in [-0.2, -0.15) is 5.26 Å². The largest absolute Gasteiger partial charge is 0.387 e. The van der Waals surface area contributed by atoms with Gasteiger partial charge in [0.2, 0.25) is 17.7 Å². The molecule has 1 aromatic rings. The van der Waals surface area contributed by atoms with Crippen molar-refractivity contribution in [3.05, 3.63) is 54.1 Å². The number of nitrogens with two attached hydrogens (primary N) is 1. The van der Waals surface area contributed by atoms with E-state index in [1.807, 2.05) is 19.1 Å². The summed E-state index contributed by atoms with van der Waals surface area (Å²) >= 11 is 0. The standard InChI is InChI=1S/C22H23N5O4/c1-2-3-4-8-19(28)25-16-7-5-6-15(11-16)17-12-22(31-26-17)13-18(21(24)30)27(14-22)20(29)9-10-23/h2-8,11,18H,9,12-14H2,1H3,(H2,24,30)(H,25,28)/b3-2+,8-4-/t18-,22?/m1/s1. The fraction of sp³-hybridized carbons (Fsp3) is 0.318. The molecule has 0 radical (unpaired) electrons. The number of amides is 3. The van der Waals surface area contributed by atoms with Crippen LogP contribution in [0.4, 0.5) is 5.69 Å². The van der Waals surface area contributed by atoms with Crippen LogP contribution in [-0.4, -0.2) is 46.5 Å². The Bertz CT molecular complexity index is 1020. The summed E-state index contributed by atoms with van der Waals surface area (Å²) in [5, 5.41) is 15.8. The number of primary amides is 1. The van der Waals surface area contributed by atoms with E-state index in [9.17, 15) is 14.4 Å². The number of hydrogen-bond acceptors (Lipinski definition) is 6. The highest BCUT2D eigenvalue weighted by atomic mass is 16.7. The third-order valence-electron chi connectivity index (χ3n) is 5.13. The van der Waals surface area contributed by atoms with Crippen LogP contribution >= 0.6 is 0 Å². The molecule has 3 amide bonds. The number of nitriles is 1. The van der Waals surface area contributed by atoms with Gasteiger partial charge in [0.15, 0.2) is 5.60 Å². The Hall–Kier alpha value is -3.93. The first-order valence-corrected chi connectivity index (χ1v) is 9.79. The number of carbonyl (C=O) groups excluding carboxylic acids is 3. The van der Waals surface area contributed by atoms with E-state index in [0.29, 0.717) is 17.8 Å². The number of hydrogen-bond donors (Lipinski definition) is 2. The van der Waals surface area contributed by atoms with Gasteiger partial charge in [-0.15, -0.1) is 0 Å². The van der Waals surface area contributed by atoms with Crippen molar-refractivity contribution < 1.29 is 19.2 Å². The molecule has 9 nitrogen and oxygen atoms in total. The van der Waals surface area contributed by atoms with Crippen molar-refractivity contribution in [3.63, 3.8) is 0 Å². The number of rotatable bonds is 6. The second-order valence-electron chi connectivity index (χ2n) is 7.42. The number of nitrogens with zero attached hydrogens (tertiary/aromatic N) is 3. The lowest BCUT2D eigenvalue weighted by molar-refractivity contribution is -0.136. The Morgan fingerprint density at radius 3 is 2.94 bits per heavy atom. The van der Waals surface area contributed by atoms with Crippen LogP contribution in [0.1, 0.15) is 31.7 Å². The van der Waals surface area contributed by atoms with E-state index in [1.165, 1.54) is 11.0 Å². The summed E-state index contributed by atoms with van der Waals surface area (Å²) < 4.78 is 0. The van der Waals surface area contributed by atoms with Crippen LogP contribution in [0.15, 0.2) is 53.7 Å². The fourth-order valence-corrected chi connectivity index (χ4v) is 3.72. The number of carbonyl (C=O) groups is 3. The zero-order valence-electron chi connectivity index (χ0n) is 17.1. The Morgan fingerprint density at radius 1 is 1.42 bits per heavy atom. The molecule has 0 aliphatic carbocycles. The molecule has 3 N–H and O–H groups in total. The molecule has 1 aromatic carbocycles. The lowest BCUT2D eigenvalue weighted by atomic mass is 9.91. The van der Waals surface area contributed by atoms with Gasteiger partial charge in [-0.1, -0.05) is 35.5 Å². The van der Waals surface area contributed by atoms with Crippen molar-refractivity contribution in [1.82, 2.24) is 4.90 Å². The molecule has 2 atom stereocenters. The first-order valence-electron chi connectivity index (χ1n) is 9.79. The third-order valence-corrected chi connectivity index (χ3v) is 5.13. The van der Waals surface area contributed by atoms with Crippen LogP contribution < -0.4 is 11.1 Å². The molecule has 0 saturated carbocycles. The second-order valence-corrected chi connectivity index (χ2v) is 7.42. The van der Waals surface area contributed by atoms with E-state index in [-0.39, 0.29) is 25.3 Å². The van der Waals surface area contributed by atoms with Crippen molar-refractivity contribution in [2.45, 2.75) is 37.8 Å². The van der Waals surface area contributed by atoms with Crippen LogP contribution in [0.2, 0.25) is 0 Å². The smallest absolute Gasteiger partial charge is 0.248 e. The molecule has 0 bridgehead atoms. The number of benzene rings is 1. The molecule has 1 saturated heterocycles. The van der Waals surface area contributed by atoms with Crippen molar-refractivity contribution >= 4 is 29.1 Å². The average molecular weight is 421 g/mol. The van der Waals surface area contributed by atoms with Gasteiger partial charge in [0.05, 0.1) is 18.3 Å². The summed E-state index contributed by atoms with van der Waals surface area (Å²) in [4.78, 5) is 43.1. The second kappa shape index (κ2) is 9.26. The van der Waals surface area contributed by atoms with Gasteiger partial charge in [-0.05, 0) is 19.1 Å². The zero-order valence-corrected chi connectivity index (χ0v) is 17.1. The topological polar surface area (TPSA) is 138 Å². The summed E-state index contributed by atoms with van der Waals surface area (Å²) in [5.41, 5.74) is 6.60. The highest BCUT2D eigenvalue weighted by molar-refractivity contribution is 6.04. The SMILES string of the molecule is C/C=C/C=C\C(=O)Nc1cccc(C2=NOC3(C2)C[C@H](C(N)=O)N(C(=O)CC#N)C3)c1. The highest BCUT2D eigenvalue weighted by Gasteiger charge is 2.53. The summed E-state index contributed by atoms with van der Waals surface area (Å²) in [6.07, 6.45) is 6.88. The van der Waals surface area contributed by atoms with Crippen molar-refractivity contribution in [2.75, 3.05) is 11.9 Å². The molecular formula is C22H23N5O4. The average Bonchev–Trinajstić information content (AvgIpc) is 3.33. The predicted molar refractivity (Wildman–Crippen MR) is 114 cm³/mol. The first kappa shape index (κ1) is 21.8. The summed E-state index contributed by atoms with van der Waals surface area (Å²) in [6.45, 7) is 1.98. The van der Waals surface area contributed by atoms with Gasteiger partial charge in [-0.3, -0.25) is 14.4 Å². The first-order chi connectivity index (χ1) is 14.9. The molecule has 2 heterocycles. The van der Waals surface area contributed by atoms with Crippen LogP contribution in [0.5, 0.6) is 0 Å². The van der Waals surface area contributed by atoms with Crippen LogP contribution in [-0.2, 0) is 19.2 Å². The normalized spacial score (nSPS) is 22.5. The maximum absolute atomic E-state index is 12.2. The minimum absolute atomic E-state index is 0.125. The maximum atomic E-state index is 12.2. The van der Waals surface area contributed by atoms with Crippen LogP contribution in [0.25, 0.3) is 0 Å². The Balaban J connectivity index is 1.72. The highest BCUT2D eigenvalue weighted by Crippen LogP contribution is 2.39. The van der Waals surface area contributed by atoms with Gasteiger partial charge in [-0.25, -0.2) is 0 Å². The van der Waals surface area contributed by atoms with Gasteiger partial charge in [0.1, 0.15) is 12.5 Å². The van der Waals surface area contributed by atoms with Gasteiger partial charge in [0.25, 0.3) is 0 Å². The van der Waals surface area contributed by atoms with Crippen LogP contribution in [0.3, 0.4) is 0 Å². The monoisotopic (exact) mass is 421 g/mol. The minimum atomic E-state index is -0.866. The number of nitrogens with one attached hydrogen (secondary N) is 1. The molecule has 31 heavy (non-hydrogen) atoms.